The molecule has 0 aromatic carbocycles. The van der Waals surface area contributed by atoms with E-state index in [1.165, 1.54) is 6.20 Å². The van der Waals surface area contributed by atoms with Gasteiger partial charge in [0.05, 0.1) is 5.39 Å². The largest absolute Gasteiger partial charge is 0.355 e. The van der Waals surface area contributed by atoms with Crippen molar-refractivity contribution < 1.29 is 8.78 Å². The van der Waals surface area contributed by atoms with E-state index in [4.69, 9.17) is 4.98 Å². The van der Waals surface area contributed by atoms with Crippen LogP contribution in [-0.4, -0.2) is 40.1 Å². The number of nitrogens with zero attached hydrogens (tertiary/aromatic N) is 6. The van der Waals surface area contributed by atoms with Crippen molar-refractivity contribution in [2.24, 2.45) is 0 Å². The second-order valence-corrected chi connectivity index (χ2v) is 8.28. The van der Waals surface area contributed by atoms with Crippen LogP contribution in [0.5, 0.6) is 0 Å². The van der Waals surface area contributed by atoms with Crippen molar-refractivity contribution in [2.75, 3.05) is 23.9 Å². The van der Waals surface area contributed by atoms with Gasteiger partial charge in [0.25, 0.3) is 0 Å². The van der Waals surface area contributed by atoms with Crippen LogP contribution in [0.1, 0.15) is 24.1 Å². The second-order valence-electron chi connectivity index (χ2n) is 6.93. The van der Waals surface area contributed by atoms with Crippen LogP contribution < -0.4 is 9.80 Å². The van der Waals surface area contributed by atoms with E-state index in [-0.39, 0.29) is 12.2 Å². The van der Waals surface area contributed by atoms with Crippen LogP contribution in [0, 0.1) is 0 Å². The number of aromatic nitrogens is 4. The highest BCUT2D eigenvalue weighted by molar-refractivity contribution is 14.1. The third-order valence-electron chi connectivity index (χ3n) is 4.78. The summed E-state index contributed by atoms with van der Waals surface area (Å²) in [6.45, 7) is 0.245. The van der Waals surface area contributed by atoms with Crippen LogP contribution >= 0.6 is 22.6 Å². The highest BCUT2D eigenvalue weighted by Gasteiger charge is 2.32. The van der Waals surface area contributed by atoms with Crippen molar-refractivity contribution in [1.82, 2.24) is 19.9 Å². The van der Waals surface area contributed by atoms with Gasteiger partial charge in [-0.15, -0.1) is 0 Å². The average molecular weight is 496 g/mol. The molecule has 1 fully saturated rings. The van der Waals surface area contributed by atoms with E-state index in [0.717, 1.165) is 40.8 Å². The van der Waals surface area contributed by atoms with Gasteiger partial charge in [0, 0.05) is 67.2 Å². The smallest absolute Gasteiger partial charge is 0.338 e. The molecule has 28 heavy (non-hydrogen) atoms. The summed E-state index contributed by atoms with van der Waals surface area (Å²) < 4.78 is 24.9. The Labute approximate surface area is 175 Å². The molecule has 1 saturated carbocycles. The minimum Gasteiger partial charge on any atom is -0.355 e. The third kappa shape index (κ3) is 3.85. The van der Waals surface area contributed by atoms with E-state index < -0.39 is 3.93 Å². The molecule has 1 aliphatic carbocycles. The first kappa shape index (κ1) is 19.2. The van der Waals surface area contributed by atoms with Crippen molar-refractivity contribution in [3.63, 3.8) is 0 Å². The molecule has 0 bridgehead atoms. The SMILES string of the molecule is CN(Cc1cccnc1C(F)(F)I)c1nc(N(C)C2CC2)nc2ncccc12. The Morgan fingerprint density at radius 1 is 1.11 bits per heavy atom. The van der Waals surface area contributed by atoms with Crippen molar-refractivity contribution in [3.05, 3.63) is 47.9 Å². The number of fused-ring (bicyclic) bond motifs is 1. The van der Waals surface area contributed by atoms with Gasteiger partial charge in [0.15, 0.2) is 5.65 Å². The maximum Gasteiger partial charge on any atom is 0.338 e. The van der Waals surface area contributed by atoms with Crippen LogP contribution in [0.25, 0.3) is 11.0 Å². The molecule has 0 atom stereocenters. The summed E-state index contributed by atoms with van der Waals surface area (Å²) in [6.07, 6.45) is 5.32. The average Bonchev–Trinajstić information content (AvgIpc) is 3.51. The van der Waals surface area contributed by atoms with E-state index >= 15 is 0 Å². The van der Waals surface area contributed by atoms with E-state index in [1.807, 2.05) is 31.1 Å². The molecule has 0 unspecified atom stereocenters. The van der Waals surface area contributed by atoms with E-state index in [2.05, 4.69) is 19.9 Å². The maximum atomic E-state index is 13.9. The Kier molecular flexibility index (Phi) is 5.02. The van der Waals surface area contributed by atoms with Gasteiger partial charge >= 0.3 is 3.93 Å². The molecule has 9 heteroatoms. The van der Waals surface area contributed by atoms with Crippen molar-refractivity contribution >= 4 is 45.4 Å². The Hall–Kier alpha value is -2.17. The van der Waals surface area contributed by atoms with Gasteiger partial charge < -0.3 is 9.80 Å². The van der Waals surface area contributed by atoms with Crippen molar-refractivity contribution in [1.29, 1.82) is 0 Å². The molecule has 3 aromatic rings. The number of alkyl halides is 3. The highest BCUT2D eigenvalue weighted by atomic mass is 127. The molecule has 6 nitrogen and oxygen atoms in total. The van der Waals surface area contributed by atoms with Crippen molar-refractivity contribution in [2.45, 2.75) is 29.4 Å². The predicted molar refractivity (Wildman–Crippen MR) is 113 cm³/mol. The monoisotopic (exact) mass is 496 g/mol. The first-order valence-electron chi connectivity index (χ1n) is 8.92. The van der Waals surface area contributed by atoms with E-state index in [9.17, 15) is 8.78 Å². The minimum atomic E-state index is -3.04. The molecule has 0 N–H and O–H groups in total. The van der Waals surface area contributed by atoms with Gasteiger partial charge in [0.1, 0.15) is 11.5 Å². The van der Waals surface area contributed by atoms with E-state index in [1.54, 1.807) is 18.3 Å². The van der Waals surface area contributed by atoms with Gasteiger partial charge in [0.2, 0.25) is 5.95 Å². The number of rotatable bonds is 6. The number of pyridine rings is 2. The second kappa shape index (κ2) is 7.34. The zero-order valence-electron chi connectivity index (χ0n) is 15.5. The Morgan fingerprint density at radius 3 is 2.54 bits per heavy atom. The molecule has 0 radical (unpaired) electrons. The fraction of sp³-hybridized carbons (Fsp3) is 0.368. The zero-order chi connectivity index (χ0) is 19.9. The summed E-state index contributed by atoms with van der Waals surface area (Å²) in [4.78, 5) is 21.5. The van der Waals surface area contributed by atoms with Gasteiger partial charge in [-0.05, 0) is 31.0 Å². The molecule has 0 amide bonds. The number of hydrogen-bond donors (Lipinski definition) is 0. The summed E-state index contributed by atoms with van der Waals surface area (Å²) in [5.41, 5.74) is 0.818. The van der Waals surface area contributed by atoms with Crippen LogP contribution in [0.2, 0.25) is 0 Å². The molecule has 1 aliphatic rings. The molecule has 0 saturated heterocycles. The lowest BCUT2D eigenvalue weighted by atomic mass is 10.2. The van der Waals surface area contributed by atoms with Crippen LogP contribution in [-0.2, 0) is 10.5 Å². The molecular weight excluding hydrogens is 477 g/mol. The lowest BCUT2D eigenvalue weighted by Gasteiger charge is -2.24. The number of hydrogen-bond acceptors (Lipinski definition) is 6. The van der Waals surface area contributed by atoms with Crippen LogP contribution in [0.4, 0.5) is 20.5 Å². The molecule has 3 aromatic heterocycles. The molecular formula is C19H19F2IN6. The lowest BCUT2D eigenvalue weighted by Crippen LogP contribution is -2.25. The van der Waals surface area contributed by atoms with Gasteiger partial charge in [-0.1, -0.05) is 6.07 Å². The zero-order valence-corrected chi connectivity index (χ0v) is 17.6. The topological polar surface area (TPSA) is 58.0 Å². The predicted octanol–water partition coefficient (Wildman–Crippen LogP) is 4.14. The summed E-state index contributed by atoms with van der Waals surface area (Å²) in [5.74, 6) is 1.26. The third-order valence-corrected chi connectivity index (χ3v) is 5.29. The summed E-state index contributed by atoms with van der Waals surface area (Å²) >= 11 is 1.12. The van der Waals surface area contributed by atoms with E-state index in [0.29, 0.717) is 29.0 Å². The standard InChI is InChI=1S/C19H19F2IN6/c1-27(11-12-5-3-9-23-15(12)19(20,21)22)17-14-6-4-10-24-16(14)25-18(26-17)28(2)13-7-8-13/h3-6,9-10,13H,7-8,11H2,1-2H3. The fourth-order valence-electron chi connectivity index (χ4n) is 3.16. The Morgan fingerprint density at radius 2 is 1.82 bits per heavy atom. The summed E-state index contributed by atoms with van der Waals surface area (Å²) in [6, 6.07) is 7.50. The Bertz CT molecular complexity index is 1010. The first-order valence-corrected chi connectivity index (χ1v) is 10.0. The van der Waals surface area contributed by atoms with Crippen LogP contribution in [0.3, 0.4) is 0 Å². The highest BCUT2D eigenvalue weighted by Crippen LogP contribution is 2.37. The van der Waals surface area contributed by atoms with Crippen LogP contribution in [0.15, 0.2) is 36.7 Å². The summed E-state index contributed by atoms with van der Waals surface area (Å²) in [7, 11) is 3.80. The molecule has 0 spiro atoms. The quantitative estimate of drug-likeness (QED) is 0.378. The normalized spacial score (nSPS) is 14.3. The Balaban J connectivity index is 1.74. The lowest BCUT2D eigenvalue weighted by molar-refractivity contribution is 0.121. The van der Waals surface area contributed by atoms with Crippen molar-refractivity contribution in [3.8, 4) is 0 Å². The molecule has 3 heterocycles. The van der Waals surface area contributed by atoms with Gasteiger partial charge in [-0.2, -0.15) is 18.7 Å². The molecule has 4 rings (SSSR count). The van der Waals surface area contributed by atoms with Gasteiger partial charge in [-0.25, -0.2) is 4.98 Å². The number of halogens is 3. The molecule has 0 aliphatic heterocycles. The maximum absolute atomic E-state index is 13.9. The molecule has 146 valence electrons. The fourth-order valence-corrected chi connectivity index (χ4v) is 3.65. The number of anilines is 2. The minimum absolute atomic E-state index is 0.228. The first-order chi connectivity index (χ1) is 13.3. The van der Waals surface area contributed by atoms with Gasteiger partial charge in [-0.3, -0.25) is 4.98 Å². The summed E-state index contributed by atoms with van der Waals surface area (Å²) in [5, 5.41) is 0.782.